The Morgan fingerprint density at radius 1 is 1.05 bits per heavy atom. The quantitative estimate of drug-likeness (QED) is 0.932. The van der Waals surface area contributed by atoms with Crippen LogP contribution in [0.5, 0.6) is 0 Å². The van der Waals surface area contributed by atoms with Gasteiger partial charge in [-0.3, -0.25) is 4.79 Å². The van der Waals surface area contributed by atoms with Gasteiger partial charge < -0.3 is 5.11 Å². The zero-order valence-electron chi connectivity index (χ0n) is 10.4. The van der Waals surface area contributed by atoms with Gasteiger partial charge in [0.1, 0.15) is 0 Å². The lowest BCUT2D eigenvalue weighted by atomic mass is 10.0. The van der Waals surface area contributed by atoms with E-state index in [9.17, 15) is 9.00 Å². The topological polar surface area (TPSA) is 54.4 Å². The molecule has 0 spiro atoms. The maximum absolute atomic E-state index is 12.5. The molecule has 2 rings (SSSR count). The van der Waals surface area contributed by atoms with Crippen LogP contribution in [0, 0.1) is 0 Å². The molecule has 0 unspecified atom stereocenters. The van der Waals surface area contributed by atoms with Crippen molar-refractivity contribution < 1.29 is 14.1 Å². The molecule has 0 saturated carbocycles. The highest BCUT2D eigenvalue weighted by Gasteiger charge is 2.20. The largest absolute Gasteiger partial charge is 0.481 e. The van der Waals surface area contributed by atoms with Crippen LogP contribution in [0.25, 0.3) is 0 Å². The van der Waals surface area contributed by atoms with E-state index in [2.05, 4.69) is 0 Å². The third kappa shape index (κ3) is 2.90. The van der Waals surface area contributed by atoms with Crippen molar-refractivity contribution in [1.29, 1.82) is 0 Å². The number of rotatable bonds is 4. The lowest BCUT2D eigenvalue weighted by molar-refractivity contribution is -0.138. The number of aliphatic carboxylic acids is 1. The van der Waals surface area contributed by atoms with E-state index in [1.54, 1.807) is 43.3 Å². The summed E-state index contributed by atoms with van der Waals surface area (Å²) in [5, 5.41) is 9.11. The Morgan fingerprint density at radius 2 is 1.63 bits per heavy atom. The van der Waals surface area contributed by atoms with Gasteiger partial charge in [-0.1, -0.05) is 36.4 Å². The Bertz CT molecular complexity index is 608. The summed E-state index contributed by atoms with van der Waals surface area (Å²) in [4.78, 5) is 12.3. The van der Waals surface area contributed by atoms with Gasteiger partial charge in [-0.15, -0.1) is 0 Å². The molecule has 0 saturated heterocycles. The van der Waals surface area contributed by atoms with E-state index in [0.717, 1.165) is 0 Å². The Kier molecular flexibility index (Phi) is 4.12. The molecule has 19 heavy (non-hydrogen) atoms. The van der Waals surface area contributed by atoms with Crippen LogP contribution in [0.1, 0.15) is 18.4 Å². The van der Waals surface area contributed by atoms with Gasteiger partial charge in [0.05, 0.1) is 16.7 Å². The lowest BCUT2D eigenvalue weighted by Gasteiger charge is -2.12. The summed E-state index contributed by atoms with van der Waals surface area (Å²) in [6.07, 6.45) is 0. The average Bonchev–Trinajstić information content (AvgIpc) is 2.46. The van der Waals surface area contributed by atoms with Crippen LogP contribution >= 0.6 is 0 Å². The predicted molar refractivity (Wildman–Crippen MR) is 73.6 cm³/mol. The highest BCUT2D eigenvalue weighted by atomic mass is 32.2. The molecule has 4 heteroatoms. The summed E-state index contributed by atoms with van der Waals surface area (Å²) in [6.45, 7) is 1.60. The molecule has 0 fully saturated rings. The molecule has 0 heterocycles. The monoisotopic (exact) mass is 274 g/mol. The van der Waals surface area contributed by atoms with Crippen LogP contribution in [-0.4, -0.2) is 15.3 Å². The van der Waals surface area contributed by atoms with Crippen LogP contribution in [0.15, 0.2) is 64.4 Å². The zero-order valence-corrected chi connectivity index (χ0v) is 11.3. The summed E-state index contributed by atoms with van der Waals surface area (Å²) in [6, 6.07) is 16.0. The highest BCUT2D eigenvalue weighted by molar-refractivity contribution is 7.85. The molecule has 0 aliphatic heterocycles. The van der Waals surface area contributed by atoms with Gasteiger partial charge in [-0.25, -0.2) is 4.21 Å². The first kappa shape index (κ1) is 13.5. The SMILES string of the molecule is C[C@H](C(=O)O)c1ccccc1[S@@](=O)c1ccccc1. The molecule has 1 N–H and O–H groups in total. The second kappa shape index (κ2) is 5.80. The summed E-state index contributed by atoms with van der Waals surface area (Å²) in [7, 11) is -1.36. The van der Waals surface area contributed by atoms with Crippen LogP contribution in [-0.2, 0) is 15.6 Å². The van der Waals surface area contributed by atoms with Crippen molar-refractivity contribution in [2.75, 3.05) is 0 Å². The molecule has 0 aliphatic carbocycles. The Labute approximate surface area is 114 Å². The fourth-order valence-electron chi connectivity index (χ4n) is 1.81. The van der Waals surface area contributed by atoms with E-state index in [1.807, 2.05) is 18.2 Å². The van der Waals surface area contributed by atoms with Crippen molar-refractivity contribution in [3.8, 4) is 0 Å². The molecular formula is C15H14O3S. The minimum atomic E-state index is -1.36. The van der Waals surface area contributed by atoms with E-state index in [0.29, 0.717) is 15.4 Å². The third-order valence-corrected chi connectivity index (χ3v) is 4.38. The van der Waals surface area contributed by atoms with E-state index < -0.39 is 22.7 Å². The van der Waals surface area contributed by atoms with Gasteiger partial charge >= 0.3 is 5.97 Å². The van der Waals surface area contributed by atoms with Crippen molar-refractivity contribution >= 4 is 16.8 Å². The van der Waals surface area contributed by atoms with Crippen LogP contribution in [0.2, 0.25) is 0 Å². The Morgan fingerprint density at radius 3 is 2.26 bits per heavy atom. The van der Waals surface area contributed by atoms with Crippen molar-refractivity contribution in [2.45, 2.75) is 22.6 Å². The predicted octanol–water partition coefficient (Wildman–Crippen LogP) is 3.04. The molecule has 0 radical (unpaired) electrons. The molecule has 98 valence electrons. The van der Waals surface area contributed by atoms with Gasteiger partial charge in [0.2, 0.25) is 0 Å². The first-order valence-corrected chi connectivity index (χ1v) is 7.05. The highest BCUT2D eigenvalue weighted by Crippen LogP contribution is 2.26. The van der Waals surface area contributed by atoms with Crippen molar-refractivity contribution in [3.05, 3.63) is 60.2 Å². The Balaban J connectivity index is 2.46. The first-order chi connectivity index (χ1) is 9.11. The summed E-state index contributed by atoms with van der Waals surface area (Å²) in [5.41, 5.74) is 0.595. The van der Waals surface area contributed by atoms with Crippen LogP contribution < -0.4 is 0 Å². The minimum absolute atomic E-state index is 0.559. The van der Waals surface area contributed by atoms with Crippen molar-refractivity contribution in [3.63, 3.8) is 0 Å². The molecule has 0 aliphatic rings. The maximum Gasteiger partial charge on any atom is 0.310 e. The smallest absolute Gasteiger partial charge is 0.310 e. The molecule has 2 atom stereocenters. The Hall–Kier alpha value is -1.94. The number of benzene rings is 2. The lowest BCUT2D eigenvalue weighted by Crippen LogP contribution is -2.10. The molecule has 3 nitrogen and oxygen atoms in total. The first-order valence-electron chi connectivity index (χ1n) is 5.90. The minimum Gasteiger partial charge on any atom is -0.481 e. The maximum atomic E-state index is 12.5. The number of hydrogen-bond acceptors (Lipinski definition) is 2. The van der Waals surface area contributed by atoms with Gasteiger partial charge in [-0.05, 0) is 30.7 Å². The summed E-state index contributed by atoms with van der Waals surface area (Å²) >= 11 is 0. The van der Waals surface area contributed by atoms with Gasteiger partial charge in [0.25, 0.3) is 0 Å². The van der Waals surface area contributed by atoms with Crippen LogP contribution in [0.4, 0.5) is 0 Å². The fraction of sp³-hybridized carbons (Fsp3) is 0.133. The summed E-state index contributed by atoms with van der Waals surface area (Å²) in [5.74, 6) is -1.60. The van der Waals surface area contributed by atoms with Gasteiger partial charge in [-0.2, -0.15) is 0 Å². The van der Waals surface area contributed by atoms with E-state index in [-0.39, 0.29) is 0 Å². The van der Waals surface area contributed by atoms with Crippen molar-refractivity contribution in [1.82, 2.24) is 0 Å². The second-order valence-electron chi connectivity index (χ2n) is 4.18. The molecule has 0 bridgehead atoms. The molecule has 2 aromatic rings. The van der Waals surface area contributed by atoms with Crippen LogP contribution in [0.3, 0.4) is 0 Å². The van der Waals surface area contributed by atoms with E-state index >= 15 is 0 Å². The fourth-order valence-corrected chi connectivity index (χ4v) is 3.13. The summed E-state index contributed by atoms with van der Waals surface area (Å²) < 4.78 is 12.5. The van der Waals surface area contributed by atoms with E-state index in [4.69, 9.17) is 5.11 Å². The zero-order chi connectivity index (χ0) is 13.8. The van der Waals surface area contributed by atoms with Gasteiger partial charge in [0, 0.05) is 9.79 Å². The molecular weight excluding hydrogens is 260 g/mol. The number of carbonyl (C=O) groups is 1. The van der Waals surface area contributed by atoms with E-state index in [1.165, 1.54) is 0 Å². The average molecular weight is 274 g/mol. The third-order valence-electron chi connectivity index (χ3n) is 2.91. The number of carboxylic acids is 1. The second-order valence-corrected chi connectivity index (χ2v) is 5.63. The molecule has 0 amide bonds. The van der Waals surface area contributed by atoms with Gasteiger partial charge in [0.15, 0.2) is 0 Å². The standard InChI is InChI=1S/C15H14O3S/c1-11(15(16)17)13-9-5-6-10-14(13)19(18)12-7-3-2-4-8-12/h2-11H,1H3,(H,16,17)/t11-,19-/m0/s1. The molecule has 2 aromatic carbocycles. The molecule has 0 aromatic heterocycles. The normalized spacial score (nSPS) is 13.7. The number of carboxylic acid groups (broad SMARTS) is 1. The van der Waals surface area contributed by atoms with Crippen molar-refractivity contribution in [2.24, 2.45) is 0 Å². The number of hydrogen-bond donors (Lipinski definition) is 1.